The number of thiazole rings is 1. The van der Waals surface area contributed by atoms with Crippen molar-refractivity contribution in [2.24, 2.45) is 0 Å². The monoisotopic (exact) mass is 255 g/mol. The van der Waals surface area contributed by atoms with E-state index in [0.29, 0.717) is 17.7 Å². The molecule has 5 heteroatoms. The van der Waals surface area contributed by atoms with Crippen LogP contribution in [0.1, 0.15) is 9.88 Å². The van der Waals surface area contributed by atoms with Gasteiger partial charge in [0.2, 0.25) is 0 Å². The Morgan fingerprint density at radius 2 is 2.12 bits per heavy atom. The minimum absolute atomic E-state index is 0.0122. The third-order valence-corrected chi connectivity index (χ3v) is 3.38. The molecule has 1 heterocycles. The fourth-order valence-electron chi connectivity index (χ4n) is 1.59. The second-order valence-corrected chi connectivity index (χ2v) is 4.90. The molecule has 2 nitrogen and oxygen atoms in total. The number of rotatable bonds is 3. The summed E-state index contributed by atoms with van der Waals surface area (Å²) in [6.45, 7) is 1.84. The largest absolute Gasteiger partial charge is 0.396 e. The molecule has 0 aliphatic heterocycles. The topological polar surface area (TPSA) is 33.1 Å². The minimum Gasteiger partial charge on any atom is -0.396 e. The lowest BCUT2D eigenvalue weighted by Gasteiger charge is -2.00. The van der Waals surface area contributed by atoms with Gasteiger partial charge in [0.1, 0.15) is 11.6 Å². The lowest BCUT2D eigenvalue weighted by Crippen LogP contribution is -1.91. The third kappa shape index (κ3) is 2.50. The highest BCUT2D eigenvalue weighted by Gasteiger charge is 2.13. The van der Waals surface area contributed by atoms with Crippen LogP contribution in [0.3, 0.4) is 0 Å². The van der Waals surface area contributed by atoms with Gasteiger partial charge in [-0.25, -0.2) is 13.8 Å². The van der Waals surface area contributed by atoms with Crippen LogP contribution in [0.15, 0.2) is 18.2 Å². The average Bonchev–Trinajstić information content (AvgIpc) is 2.60. The van der Waals surface area contributed by atoms with Gasteiger partial charge in [-0.15, -0.1) is 11.3 Å². The fraction of sp³-hybridized carbons (Fsp3) is 0.250. The van der Waals surface area contributed by atoms with E-state index in [4.69, 9.17) is 5.11 Å². The maximum atomic E-state index is 13.6. The molecule has 90 valence electrons. The lowest BCUT2D eigenvalue weighted by molar-refractivity contribution is 0.299. The van der Waals surface area contributed by atoms with E-state index >= 15 is 0 Å². The molecule has 0 unspecified atom stereocenters. The van der Waals surface area contributed by atoms with Crippen molar-refractivity contribution in [1.82, 2.24) is 4.98 Å². The zero-order chi connectivity index (χ0) is 12.4. The van der Waals surface area contributed by atoms with E-state index in [9.17, 15) is 8.78 Å². The van der Waals surface area contributed by atoms with Crippen LogP contribution in [0.5, 0.6) is 0 Å². The molecular weight excluding hydrogens is 244 g/mol. The molecule has 0 aliphatic carbocycles. The summed E-state index contributed by atoms with van der Waals surface area (Å²) >= 11 is 1.42. The maximum absolute atomic E-state index is 13.6. The van der Waals surface area contributed by atoms with E-state index in [1.54, 1.807) is 0 Å². The van der Waals surface area contributed by atoms with Crippen LogP contribution in [0.2, 0.25) is 0 Å². The number of halogens is 2. The molecular formula is C12H11F2NOS. The molecule has 0 fully saturated rings. The summed E-state index contributed by atoms with van der Waals surface area (Å²) in [5.41, 5.74) is 0.820. The molecule has 0 atom stereocenters. The molecule has 0 saturated carbocycles. The first-order valence-corrected chi connectivity index (χ1v) is 5.96. The molecule has 0 aliphatic rings. The Hall–Kier alpha value is -1.33. The van der Waals surface area contributed by atoms with E-state index < -0.39 is 11.6 Å². The standard InChI is InChI=1S/C12H11F2NOS/c1-7-12(15-11(17-7)4-5-16)9-3-2-8(13)6-10(9)14/h2-3,6,16H,4-5H2,1H3. The molecule has 1 aromatic heterocycles. The molecule has 1 aromatic carbocycles. The van der Waals surface area contributed by atoms with Crippen LogP contribution in [0.4, 0.5) is 8.78 Å². The predicted molar refractivity (Wildman–Crippen MR) is 63.0 cm³/mol. The Morgan fingerprint density at radius 3 is 2.76 bits per heavy atom. The van der Waals surface area contributed by atoms with Crippen molar-refractivity contribution in [2.75, 3.05) is 6.61 Å². The van der Waals surface area contributed by atoms with Gasteiger partial charge in [-0.3, -0.25) is 0 Å². The van der Waals surface area contributed by atoms with Crippen molar-refractivity contribution >= 4 is 11.3 Å². The maximum Gasteiger partial charge on any atom is 0.135 e. The van der Waals surface area contributed by atoms with Crippen molar-refractivity contribution in [3.05, 3.63) is 39.7 Å². The highest BCUT2D eigenvalue weighted by Crippen LogP contribution is 2.29. The lowest BCUT2D eigenvalue weighted by atomic mass is 10.1. The van der Waals surface area contributed by atoms with Gasteiger partial charge >= 0.3 is 0 Å². The first kappa shape index (κ1) is 12.1. The number of aryl methyl sites for hydroxylation is 1. The van der Waals surface area contributed by atoms with Crippen LogP contribution < -0.4 is 0 Å². The normalized spacial score (nSPS) is 10.8. The number of aromatic nitrogens is 1. The molecule has 0 radical (unpaired) electrons. The van der Waals surface area contributed by atoms with Gasteiger partial charge in [0.25, 0.3) is 0 Å². The number of aliphatic hydroxyl groups excluding tert-OH is 1. The van der Waals surface area contributed by atoms with E-state index in [1.165, 1.54) is 23.5 Å². The fourth-order valence-corrected chi connectivity index (χ4v) is 2.52. The zero-order valence-corrected chi connectivity index (χ0v) is 10.0. The average molecular weight is 255 g/mol. The van der Waals surface area contributed by atoms with Crippen molar-refractivity contribution in [2.45, 2.75) is 13.3 Å². The number of nitrogens with zero attached hydrogens (tertiary/aromatic N) is 1. The molecule has 2 aromatic rings. The Kier molecular flexibility index (Phi) is 3.49. The van der Waals surface area contributed by atoms with E-state index in [1.807, 2.05) is 6.92 Å². The molecule has 0 saturated heterocycles. The second-order valence-electron chi connectivity index (χ2n) is 3.61. The summed E-state index contributed by atoms with van der Waals surface area (Å²) in [5, 5.41) is 9.58. The Morgan fingerprint density at radius 1 is 1.35 bits per heavy atom. The number of benzene rings is 1. The second kappa shape index (κ2) is 4.89. The van der Waals surface area contributed by atoms with Crippen LogP contribution >= 0.6 is 11.3 Å². The van der Waals surface area contributed by atoms with Crippen molar-refractivity contribution in [1.29, 1.82) is 0 Å². The van der Waals surface area contributed by atoms with Gasteiger partial charge in [0, 0.05) is 29.5 Å². The van der Waals surface area contributed by atoms with E-state index in [2.05, 4.69) is 4.98 Å². The van der Waals surface area contributed by atoms with E-state index in [0.717, 1.165) is 16.0 Å². The summed E-state index contributed by atoms with van der Waals surface area (Å²) in [5.74, 6) is -1.22. The quantitative estimate of drug-likeness (QED) is 0.914. The van der Waals surface area contributed by atoms with Crippen LogP contribution in [0, 0.1) is 18.6 Å². The molecule has 0 bridgehead atoms. The summed E-state index contributed by atoms with van der Waals surface area (Å²) in [4.78, 5) is 5.12. The molecule has 0 spiro atoms. The minimum atomic E-state index is -0.617. The highest BCUT2D eigenvalue weighted by molar-refractivity contribution is 7.12. The van der Waals surface area contributed by atoms with Crippen LogP contribution in [-0.4, -0.2) is 16.7 Å². The van der Waals surface area contributed by atoms with Gasteiger partial charge in [0.15, 0.2) is 0 Å². The smallest absolute Gasteiger partial charge is 0.135 e. The van der Waals surface area contributed by atoms with Crippen LogP contribution in [0.25, 0.3) is 11.3 Å². The van der Waals surface area contributed by atoms with Gasteiger partial charge in [-0.05, 0) is 19.1 Å². The van der Waals surface area contributed by atoms with Crippen molar-refractivity contribution in [3.8, 4) is 11.3 Å². The van der Waals surface area contributed by atoms with E-state index in [-0.39, 0.29) is 6.61 Å². The van der Waals surface area contributed by atoms with Gasteiger partial charge in [0.05, 0.1) is 10.7 Å². The van der Waals surface area contributed by atoms with Gasteiger partial charge < -0.3 is 5.11 Å². The summed E-state index contributed by atoms with van der Waals surface area (Å²) < 4.78 is 26.4. The first-order chi connectivity index (χ1) is 8.11. The summed E-state index contributed by atoms with van der Waals surface area (Å²) in [6.07, 6.45) is 0.453. The highest BCUT2D eigenvalue weighted by atomic mass is 32.1. The number of hydrogen-bond acceptors (Lipinski definition) is 3. The van der Waals surface area contributed by atoms with Gasteiger partial charge in [-0.1, -0.05) is 0 Å². The predicted octanol–water partition coefficient (Wildman–Crippen LogP) is 2.93. The Bertz CT molecular complexity index is 539. The van der Waals surface area contributed by atoms with Gasteiger partial charge in [-0.2, -0.15) is 0 Å². The summed E-state index contributed by atoms with van der Waals surface area (Å²) in [7, 11) is 0. The summed E-state index contributed by atoms with van der Waals surface area (Å²) in [6, 6.07) is 3.44. The van der Waals surface area contributed by atoms with Crippen molar-refractivity contribution in [3.63, 3.8) is 0 Å². The zero-order valence-electron chi connectivity index (χ0n) is 9.20. The molecule has 0 amide bonds. The Labute approximate surface area is 102 Å². The Balaban J connectivity index is 2.45. The number of hydrogen-bond donors (Lipinski definition) is 1. The van der Waals surface area contributed by atoms with Crippen molar-refractivity contribution < 1.29 is 13.9 Å². The SMILES string of the molecule is Cc1sc(CCO)nc1-c1ccc(F)cc1F. The van der Waals surface area contributed by atoms with Crippen LogP contribution in [-0.2, 0) is 6.42 Å². The first-order valence-electron chi connectivity index (χ1n) is 5.14. The molecule has 17 heavy (non-hydrogen) atoms. The molecule has 1 N–H and O–H groups in total. The third-order valence-electron chi connectivity index (χ3n) is 2.35. The molecule has 2 rings (SSSR count). The number of aliphatic hydroxyl groups is 1.